The molecule has 20 heavy (non-hydrogen) atoms. The molecule has 2 rings (SSSR count). The molecule has 3 nitrogen and oxygen atoms in total. The number of aromatic nitrogens is 1. The Morgan fingerprint density at radius 1 is 1.25 bits per heavy atom. The molecule has 4 heteroatoms. The van der Waals surface area contributed by atoms with Gasteiger partial charge in [0.15, 0.2) is 0 Å². The van der Waals surface area contributed by atoms with Gasteiger partial charge in [-0.3, -0.25) is 9.98 Å². The summed E-state index contributed by atoms with van der Waals surface area (Å²) in [5.74, 6) is -0.241. The SMILES string of the molecule is C=NC=CN(C)Cc1ccc(-c2ccc(F)cc2)nc1. The molecule has 1 heterocycles. The van der Waals surface area contributed by atoms with Crippen molar-refractivity contribution >= 4 is 6.72 Å². The van der Waals surface area contributed by atoms with Crippen molar-refractivity contribution < 1.29 is 4.39 Å². The van der Waals surface area contributed by atoms with Gasteiger partial charge in [0, 0.05) is 37.8 Å². The van der Waals surface area contributed by atoms with Crippen LogP contribution in [-0.4, -0.2) is 23.6 Å². The fourth-order valence-corrected chi connectivity index (χ4v) is 1.81. The Bertz CT molecular complexity index is 588. The molecule has 102 valence electrons. The highest BCUT2D eigenvalue weighted by Gasteiger charge is 2.01. The van der Waals surface area contributed by atoms with E-state index in [1.54, 1.807) is 18.3 Å². The third kappa shape index (κ3) is 3.75. The maximum atomic E-state index is 12.9. The van der Waals surface area contributed by atoms with Gasteiger partial charge < -0.3 is 4.90 Å². The monoisotopic (exact) mass is 269 g/mol. The number of hydrogen-bond acceptors (Lipinski definition) is 3. The molecule has 0 N–H and O–H groups in total. The first kappa shape index (κ1) is 13.9. The molecule has 0 spiro atoms. The number of aliphatic imine (C=N–C) groups is 1. The van der Waals surface area contributed by atoms with Crippen molar-refractivity contribution in [3.63, 3.8) is 0 Å². The summed E-state index contributed by atoms with van der Waals surface area (Å²) in [4.78, 5) is 10.1. The normalized spacial score (nSPS) is 10.7. The molecule has 0 atom stereocenters. The van der Waals surface area contributed by atoms with E-state index in [9.17, 15) is 4.39 Å². The van der Waals surface area contributed by atoms with Gasteiger partial charge in [-0.1, -0.05) is 6.07 Å². The number of halogens is 1. The highest BCUT2D eigenvalue weighted by molar-refractivity contribution is 5.58. The van der Waals surface area contributed by atoms with Gasteiger partial charge in [0.2, 0.25) is 0 Å². The lowest BCUT2D eigenvalue weighted by Crippen LogP contribution is -2.09. The van der Waals surface area contributed by atoms with E-state index in [0.717, 1.165) is 23.4 Å². The molecule has 0 saturated heterocycles. The predicted molar refractivity (Wildman–Crippen MR) is 79.8 cm³/mol. The van der Waals surface area contributed by atoms with Crippen LogP contribution >= 0.6 is 0 Å². The van der Waals surface area contributed by atoms with E-state index in [0.29, 0.717) is 0 Å². The van der Waals surface area contributed by atoms with Crippen LogP contribution in [0.15, 0.2) is 60.0 Å². The van der Waals surface area contributed by atoms with Crippen molar-refractivity contribution in [3.05, 3.63) is 66.4 Å². The van der Waals surface area contributed by atoms with Crippen LogP contribution in [0.2, 0.25) is 0 Å². The second-order valence-electron chi connectivity index (χ2n) is 4.45. The van der Waals surface area contributed by atoms with Crippen LogP contribution in [0.3, 0.4) is 0 Å². The minimum Gasteiger partial charge on any atom is -0.375 e. The molecule has 0 fully saturated rings. The average molecular weight is 269 g/mol. The van der Waals surface area contributed by atoms with Gasteiger partial charge in [-0.15, -0.1) is 0 Å². The molecule has 0 aliphatic heterocycles. The highest BCUT2D eigenvalue weighted by Crippen LogP contribution is 2.17. The van der Waals surface area contributed by atoms with Gasteiger partial charge in [0.1, 0.15) is 5.82 Å². The maximum Gasteiger partial charge on any atom is 0.123 e. The van der Waals surface area contributed by atoms with Crippen LogP contribution in [-0.2, 0) is 6.54 Å². The Morgan fingerprint density at radius 2 is 2.00 bits per heavy atom. The van der Waals surface area contributed by atoms with Crippen molar-refractivity contribution in [2.45, 2.75) is 6.54 Å². The molecule has 0 aliphatic carbocycles. The van der Waals surface area contributed by atoms with Crippen LogP contribution in [0, 0.1) is 5.82 Å². The number of nitrogens with zero attached hydrogens (tertiary/aromatic N) is 3. The first-order chi connectivity index (χ1) is 9.69. The first-order valence-corrected chi connectivity index (χ1v) is 6.22. The van der Waals surface area contributed by atoms with Gasteiger partial charge in [-0.05, 0) is 42.6 Å². The first-order valence-electron chi connectivity index (χ1n) is 6.22. The average Bonchev–Trinajstić information content (AvgIpc) is 2.47. The second-order valence-corrected chi connectivity index (χ2v) is 4.45. The molecule has 0 bridgehead atoms. The zero-order valence-corrected chi connectivity index (χ0v) is 11.3. The molecular weight excluding hydrogens is 253 g/mol. The van der Waals surface area contributed by atoms with E-state index in [1.807, 2.05) is 36.5 Å². The molecule has 0 aliphatic rings. The molecular formula is C16H16FN3. The Kier molecular flexibility index (Phi) is 4.60. The summed E-state index contributed by atoms with van der Waals surface area (Å²) in [6.45, 7) is 4.13. The van der Waals surface area contributed by atoms with E-state index < -0.39 is 0 Å². The maximum absolute atomic E-state index is 12.9. The summed E-state index contributed by atoms with van der Waals surface area (Å²) in [6, 6.07) is 10.3. The summed E-state index contributed by atoms with van der Waals surface area (Å²) in [6.07, 6.45) is 5.31. The summed E-state index contributed by atoms with van der Waals surface area (Å²) in [7, 11) is 1.95. The number of benzene rings is 1. The third-order valence-electron chi connectivity index (χ3n) is 2.82. The Balaban J connectivity index is 2.08. The van der Waals surface area contributed by atoms with Crippen LogP contribution in [0.4, 0.5) is 4.39 Å². The smallest absolute Gasteiger partial charge is 0.123 e. The van der Waals surface area contributed by atoms with Gasteiger partial charge >= 0.3 is 0 Å². The zero-order chi connectivity index (χ0) is 14.4. The van der Waals surface area contributed by atoms with Crippen molar-refractivity contribution in [2.75, 3.05) is 7.05 Å². The summed E-state index contributed by atoms with van der Waals surface area (Å²) >= 11 is 0. The van der Waals surface area contributed by atoms with E-state index in [-0.39, 0.29) is 5.82 Å². The Labute approximate surface area is 118 Å². The lowest BCUT2D eigenvalue weighted by molar-refractivity contribution is 0.449. The quantitative estimate of drug-likeness (QED) is 0.777. The predicted octanol–water partition coefficient (Wildman–Crippen LogP) is 3.49. The lowest BCUT2D eigenvalue weighted by atomic mass is 10.1. The topological polar surface area (TPSA) is 28.5 Å². The van der Waals surface area contributed by atoms with Gasteiger partial charge in [-0.2, -0.15) is 0 Å². The van der Waals surface area contributed by atoms with Crippen LogP contribution in [0.25, 0.3) is 11.3 Å². The standard InChI is InChI=1S/C16H16FN3/c1-18-9-10-20(2)12-13-3-8-16(19-11-13)14-4-6-15(17)7-5-14/h3-11H,1,12H2,2H3. The molecule has 1 aromatic carbocycles. The fourth-order valence-electron chi connectivity index (χ4n) is 1.81. The highest BCUT2D eigenvalue weighted by atomic mass is 19.1. The van der Waals surface area contributed by atoms with Crippen molar-refractivity contribution in [1.29, 1.82) is 0 Å². The van der Waals surface area contributed by atoms with Gasteiger partial charge in [0.05, 0.1) is 5.69 Å². The fraction of sp³-hybridized carbons (Fsp3) is 0.125. The van der Waals surface area contributed by atoms with Gasteiger partial charge in [-0.25, -0.2) is 4.39 Å². The minimum atomic E-state index is -0.241. The van der Waals surface area contributed by atoms with Crippen molar-refractivity contribution in [1.82, 2.24) is 9.88 Å². The number of rotatable bonds is 5. The van der Waals surface area contributed by atoms with Crippen LogP contribution < -0.4 is 0 Å². The Morgan fingerprint density at radius 3 is 2.60 bits per heavy atom. The summed E-state index contributed by atoms with van der Waals surface area (Å²) < 4.78 is 12.9. The second kappa shape index (κ2) is 6.61. The molecule has 0 radical (unpaired) electrons. The van der Waals surface area contributed by atoms with Crippen LogP contribution in [0.1, 0.15) is 5.56 Å². The largest absolute Gasteiger partial charge is 0.375 e. The number of hydrogen-bond donors (Lipinski definition) is 0. The number of pyridine rings is 1. The molecule has 0 saturated carbocycles. The lowest BCUT2D eigenvalue weighted by Gasteiger charge is -2.13. The molecule has 0 unspecified atom stereocenters. The van der Waals surface area contributed by atoms with E-state index in [4.69, 9.17) is 0 Å². The van der Waals surface area contributed by atoms with E-state index in [2.05, 4.69) is 16.7 Å². The van der Waals surface area contributed by atoms with E-state index >= 15 is 0 Å². The summed E-state index contributed by atoms with van der Waals surface area (Å²) in [5, 5.41) is 0. The molecule has 1 aromatic heterocycles. The van der Waals surface area contributed by atoms with Gasteiger partial charge in [0.25, 0.3) is 0 Å². The van der Waals surface area contributed by atoms with Crippen molar-refractivity contribution in [2.24, 2.45) is 4.99 Å². The zero-order valence-electron chi connectivity index (χ0n) is 11.3. The summed E-state index contributed by atoms with van der Waals surface area (Å²) in [5.41, 5.74) is 2.83. The molecule has 0 amide bonds. The van der Waals surface area contributed by atoms with Crippen LogP contribution in [0.5, 0.6) is 0 Å². The van der Waals surface area contributed by atoms with E-state index in [1.165, 1.54) is 12.1 Å². The minimum absolute atomic E-state index is 0.241. The van der Waals surface area contributed by atoms with Crippen molar-refractivity contribution in [3.8, 4) is 11.3 Å². The molecule has 2 aromatic rings. The Hall–Kier alpha value is -2.49. The third-order valence-corrected chi connectivity index (χ3v) is 2.82.